The van der Waals surface area contributed by atoms with Gasteiger partial charge in [0.15, 0.2) is 9.84 Å². The molecule has 0 bridgehead atoms. The first kappa shape index (κ1) is 13.1. The van der Waals surface area contributed by atoms with Gasteiger partial charge in [-0.25, -0.2) is 12.8 Å². The maximum atomic E-state index is 13.0. The van der Waals surface area contributed by atoms with Crippen LogP contribution in [-0.2, 0) is 9.84 Å². The van der Waals surface area contributed by atoms with Gasteiger partial charge in [0, 0.05) is 19.7 Å². The van der Waals surface area contributed by atoms with Crippen LogP contribution in [-0.4, -0.2) is 14.7 Å². The maximum absolute atomic E-state index is 13.0. The average molecular weight is 405 g/mol. The molecule has 0 aliphatic heterocycles. The lowest BCUT2D eigenvalue weighted by Crippen LogP contribution is -1.90. The van der Waals surface area contributed by atoms with Crippen LogP contribution in [0.25, 0.3) is 3.58 Å². The van der Waals surface area contributed by atoms with E-state index in [9.17, 15) is 12.8 Å². The van der Waals surface area contributed by atoms with Gasteiger partial charge in [-0.2, -0.15) is 0 Å². The van der Waals surface area contributed by atoms with Gasteiger partial charge in [-0.15, -0.1) is 0 Å². The molecule has 82 valence electrons. The molecule has 1 aromatic rings. The lowest BCUT2D eigenvalue weighted by Gasteiger charge is -2.01. The molecule has 15 heavy (non-hydrogen) atoms. The molecule has 0 N–H and O–H groups in total. The molecule has 1 rings (SSSR count). The Morgan fingerprint density at radius 2 is 2.07 bits per heavy atom. The SMILES string of the molecule is CS(=O)(=O)C=C(I)c1cc(F)cc(Br)c1. The van der Waals surface area contributed by atoms with E-state index in [0.717, 1.165) is 11.7 Å². The summed E-state index contributed by atoms with van der Waals surface area (Å²) in [5.74, 6) is -0.407. The highest BCUT2D eigenvalue weighted by Gasteiger charge is 2.05. The summed E-state index contributed by atoms with van der Waals surface area (Å²) in [5, 5.41) is 1.11. The fourth-order valence-corrected chi connectivity index (χ4v) is 3.62. The van der Waals surface area contributed by atoms with Crippen LogP contribution in [0.2, 0.25) is 0 Å². The lowest BCUT2D eigenvalue weighted by atomic mass is 10.2. The van der Waals surface area contributed by atoms with Crippen molar-refractivity contribution in [3.63, 3.8) is 0 Å². The Morgan fingerprint density at radius 1 is 1.47 bits per heavy atom. The summed E-state index contributed by atoms with van der Waals surface area (Å²) < 4.78 is 36.1. The van der Waals surface area contributed by atoms with Gasteiger partial charge in [0.1, 0.15) is 5.82 Å². The molecule has 0 aliphatic rings. The summed E-state index contributed by atoms with van der Waals surface area (Å²) in [6, 6.07) is 4.26. The van der Waals surface area contributed by atoms with E-state index in [1.165, 1.54) is 12.1 Å². The number of sulfone groups is 1. The molecule has 0 aromatic heterocycles. The predicted octanol–water partition coefficient (Wildman–Crippen LogP) is 3.37. The molecule has 1 aromatic carbocycles. The largest absolute Gasteiger partial charge is 0.225 e. The summed E-state index contributed by atoms with van der Waals surface area (Å²) in [7, 11) is -3.20. The van der Waals surface area contributed by atoms with Crippen molar-refractivity contribution in [3.05, 3.63) is 39.5 Å². The van der Waals surface area contributed by atoms with Gasteiger partial charge in [0.2, 0.25) is 0 Å². The second-order valence-electron chi connectivity index (χ2n) is 2.95. The van der Waals surface area contributed by atoms with Gasteiger partial charge in [-0.05, 0) is 46.4 Å². The third-order valence-electron chi connectivity index (χ3n) is 1.46. The van der Waals surface area contributed by atoms with Crippen LogP contribution in [0.15, 0.2) is 28.1 Å². The van der Waals surface area contributed by atoms with Gasteiger partial charge in [0.25, 0.3) is 0 Å². The van der Waals surface area contributed by atoms with Crippen LogP contribution in [0.3, 0.4) is 0 Å². The third kappa shape index (κ3) is 4.60. The molecule has 0 heterocycles. The molecule has 6 heteroatoms. The van der Waals surface area contributed by atoms with E-state index >= 15 is 0 Å². The minimum Gasteiger partial charge on any atom is -0.225 e. The minimum atomic E-state index is -3.20. The van der Waals surface area contributed by atoms with E-state index in [-0.39, 0.29) is 0 Å². The fraction of sp³-hybridized carbons (Fsp3) is 0.111. The van der Waals surface area contributed by atoms with Crippen LogP contribution >= 0.6 is 38.5 Å². The monoisotopic (exact) mass is 404 g/mol. The molecule has 0 saturated carbocycles. The van der Waals surface area contributed by atoms with E-state index in [2.05, 4.69) is 15.9 Å². The van der Waals surface area contributed by atoms with Gasteiger partial charge in [-0.1, -0.05) is 15.9 Å². The lowest BCUT2D eigenvalue weighted by molar-refractivity contribution is 0.610. The Labute approximate surface area is 110 Å². The topological polar surface area (TPSA) is 34.1 Å². The van der Waals surface area contributed by atoms with Gasteiger partial charge < -0.3 is 0 Å². The normalized spacial score (nSPS) is 12.9. The van der Waals surface area contributed by atoms with Crippen molar-refractivity contribution in [2.24, 2.45) is 0 Å². The molecule has 0 saturated heterocycles. The molecule has 0 aliphatic carbocycles. The van der Waals surface area contributed by atoms with Crippen molar-refractivity contribution < 1.29 is 12.8 Å². The summed E-state index contributed by atoms with van der Waals surface area (Å²) in [5.41, 5.74) is 0.535. The molecular weight excluding hydrogens is 398 g/mol. The number of hydrogen-bond donors (Lipinski definition) is 0. The van der Waals surface area contributed by atoms with E-state index in [4.69, 9.17) is 0 Å². The van der Waals surface area contributed by atoms with Crippen LogP contribution in [0, 0.1) is 5.82 Å². The molecule has 0 fully saturated rings. The summed E-state index contributed by atoms with van der Waals surface area (Å²) >= 11 is 5.00. The number of hydrogen-bond acceptors (Lipinski definition) is 2. The minimum absolute atomic E-state index is 0.407. The number of halogens is 3. The summed E-state index contributed by atoms with van der Waals surface area (Å²) in [4.78, 5) is 0. The van der Waals surface area contributed by atoms with Crippen molar-refractivity contribution >= 4 is 51.9 Å². The number of benzene rings is 1. The van der Waals surface area contributed by atoms with E-state index in [0.29, 0.717) is 13.6 Å². The van der Waals surface area contributed by atoms with Crippen molar-refractivity contribution in [2.75, 3.05) is 6.26 Å². The molecule has 0 atom stereocenters. The van der Waals surface area contributed by atoms with Crippen molar-refractivity contribution in [1.29, 1.82) is 0 Å². The molecule has 0 radical (unpaired) electrons. The Kier molecular flexibility index (Phi) is 4.30. The van der Waals surface area contributed by atoms with Crippen molar-refractivity contribution in [2.45, 2.75) is 0 Å². The van der Waals surface area contributed by atoms with Crippen LogP contribution in [0.5, 0.6) is 0 Å². The zero-order valence-electron chi connectivity index (χ0n) is 7.67. The quantitative estimate of drug-likeness (QED) is 0.708. The van der Waals surface area contributed by atoms with Crippen LogP contribution in [0.1, 0.15) is 5.56 Å². The van der Waals surface area contributed by atoms with E-state index in [1.54, 1.807) is 6.07 Å². The second kappa shape index (κ2) is 4.92. The summed E-state index contributed by atoms with van der Waals surface area (Å²) in [6.07, 6.45) is 1.10. The Balaban J connectivity index is 3.23. The van der Waals surface area contributed by atoms with Crippen molar-refractivity contribution in [3.8, 4) is 0 Å². The van der Waals surface area contributed by atoms with Crippen LogP contribution < -0.4 is 0 Å². The smallest absolute Gasteiger partial charge is 0.169 e. The van der Waals surface area contributed by atoms with Gasteiger partial charge in [-0.3, -0.25) is 0 Å². The molecule has 0 unspecified atom stereocenters. The van der Waals surface area contributed by atoms with Gasteiger partial charge in [0.05, 0.1) is 0 Å². The summed E-state index contributed by atoms with van der Waals surface area (Å²) in [6.45, 7) is 0. The zero-order chi connectivity index (χ0) is 11.6. The Morgan fingerprint density at radius 3 is 2.53 bits per heavy atom. The second-order valence-corrected chi connectivity index (χ2v) is 6.93. The molecule has 0 spiro atoms. The molecule has 0 amide bonds. The van der Waals surface area contributed by atoms with Crippen LogP contribution in [0.4, 0.5) is 4.39 Å². The molecule has 2 nitrogen and oxygen atoms in total. The zero-order valence-corrected chi connectivity index (χ0v) is 12.2. The predicted molar refractivity (Wildman–Crippen MR) is 70.9 cm³/mol. The maximum Gasteiger partial charge on any atom is 0.169 e. The van der Waals surface area contributed by atoms with E-state index in [1.807, 2.05) is 22.6 Å². The highest BCUT2D eigenvalue weighted by molar-refractivity contribution is 14.1. The highest BCUT2D eigenvalue weighted by atomic mass is 127. The van der Waals surface area contributed by atoms with E-state index < -0.39 is 15.7 Å². The highest BCUT2D eigenvalue weighted by Crippen LogP contribution is 2.26. The first-order valence-corrected chi connectivity index (χ1v) is 7.64. The third-order valence-corrected chi connectivity index (χ3v) is 3.93. The number of rotatable bonds is 2. The average Bonchev–Trinajstić information content (AvgIpc) is 1.98. The van der Waals surface area contributed by atoms with Crippen molar-refractivity contribution in [1.82, 2.24) is 0 Å². The first-order chi connectivity index (χ1) is 6.78. The first-order valence-electron chi connectivity index (χ1n) is 3.81. The Hall–Kier alpha value is 0.0500. The fourth-order valence-electron chi connectivity index (χ4n) is 0.948. The van der Waals surface area contributed by atoms with Gasteiger partial charge >= 0.3 is 0 Å². The molecular formula is C9H7BrFIO2S. The standard InChI is InChI=1S/C9H7BrFIO2S/c1-15(13,14)5-9(12)6-2-7(10)4-8(11)3-6/h2-5H,1H3. The Bertz CT molecular complexity index is 491.